The van der Waals surface area contributed by atoms with Crippen LogP contribution in [-0.4, -0.2) is 21.4 Å². The predicted octanol–water partition coefficient (Wildman–Crippen LogP) is 0.926. The number of hydrogen-bond donors (Lipinski definition) is 2. The highest BCUT2D eigenvalue weighted by Crippen LogP contribution is 2.20. The van der Waals surface area contributed by atoms with Crippen molar-refractivity contribution < 1.29 is 10.2 Å². The fourth-order valence-electron chi connectivity index (χ4n) is 1.66. The van der Waals surface area contributed by atoms with Crippen molar-refractivity contribution in [3.63, 3.8) is 0 Å². The van der Waals surface area contributed by atoms with E-state index in [9.17, 15) is 0 Å². The van der Waals surface area contributed by atoms with Gasteiger partial charge in [-0.15, -0.1) is 0 Å². The summed E-state index contributed by atoms with van der Waals surface area (Å²) in [6.07, 6.45) is 1.86. The molecule has 1 aromatic carbocycles. The van der Waals surface area contributed by atoms with Gasteiger partial charge in [0, 0.05) is 29.2 Å². The van der Waals surface area contributed by atoms with Crippen LogP contribution in [0.15, 0.2) is 24.4 Å². The zero-order chi connectivity index (χ0) is 9.97. The highest BCUT2D eigenvalue weighted by Gasteiger charge is 2.06. The summed E-state index contributed by atoms with van der Waals surface area (Å²) >= 11 is 0. The summed E-state index contributed by atoms with van der Waals surface area (Å²) in [5.74, 6) is 0. The lowest BCUT2D eigenvalue weighted by molar-refractivity contribution is 0.274. The fraction of sp³-hybridized carbons (Fsp3) is 0.273. The summed E-state index contributed by atoms with van der Waals surface area (Å²) < 4.78 is 1.93. The first-order valence-corrected chi connectivity index (χ1v) is 4.57. The summed E-state index contributed by atoms with van der Waals surface area (Å²) in [4.78, 5) is 0. The van der Waals surface area contributed by atoms with E-state index in [0.29, 0.717) is 6.54 Å². The van der Waals surface area contributed by atoms with Crippen LogP contribution < -0.4 is 0 Å². The van der Waals surface area contributed by atoms with Crippen molar-refractivity contribution in [1.82, 2.24) is 4.57 Å². The second kappa shape index (κ2) is 3.82. The van der Waals surface area contributed by atoms with Gasteiger partial charge in [0.1, 0.15) is 0 Å². The van der Waals surface area contributed by atoms with Crippen molar-refractivity contribution in [3.8, 4) is 0 Å². The van der Waals surface area contributed by atoms with Crippen molar-refractivity contribution in [2.75, 3.05) is 6.61 Å². The number of fused-ring (bicyclic) bond motifs is 1. The summed E-state index contributed by atoms with van der Waals surface area (Å²) in [5.41, 5.74) is 1.86. The molecule has 0 aliphatic rings. The monoisotopic (exact) mass is 190 g/mol. The van der Waals surface area contributed by atoms with E-state index >= 15 is 0 Å². The number of aromatic nitrogens is 1. The summed E-state index contributed by atoms with van der Waals surface area (Å²) in [5, 5.41) is 18.9. The minimum atomic E-state index is 0.00937. The molecule has 2 rings (SSSR count). The molecule has 2 N–H and O–H groups in total. The first kappa shape index (κ1) is 9.24. The molecule has 0 saturated heterocycles. The summed E-state index contributed by atoms with van der Waals surface area (Å²) in [6.45, 7) is 0.660. The molecule has 73 valence electrons. The molecule has 0 bridgehead atoms. The highest BCUT2D eigenvalue weighted by molar-refractivity contribution is 5.83. The van der Waals surface area contributed by atoms with Gasteiger partial charge >= 0.3 is 0 Å². The maximum Gasteiger partial charge on any atom is 0.0702 e. The van der Waals surface area contributed by atoms with Crippen molar-refractivity contribution in [2.24, 2.45) is 0 Å². The zero-order valence-corrected chi connectivity index (χ0v) is 7.77. The molecular formula is C11H12NO2. The number of rotatable bonds is 3. The van der Waals surface area contributed by atoms with Crippen molar-refractivity contribution in [3.05, 3.63) is 36.0 Å². The minimum absolute atomic E-state index is 0.00937. The Labute approximate surface area is 82.2 Å². The SMILES string of the molecule is OCCn1cc(CO)c2[c]cccc21. The first-order chi connectivity index (χ1) is 6.86. The summed E-state index contributed by atoms with van der Waals surface area (Å²) in [6, 6.07) is 8.77. The molecular weight excluding hydrogens is 178 g/mol. The summed E-state index contributed by atoms with van der Waals surface area (Å²) in [7, 11) is 0. The third-order valence-corrected chi connectivity index (χ3v) is 2.29. The van der Waals surface area contributed by atoms with Crippen LogP contribution in [0.4, 0.5) is 0 Å². The van der Waals surface area contributed by atoms with Crippen LogP contribution in [0.1, 0.15) is 5.56 Å². The molecule has 3 nitrogen and oxygen atoms in total. The number of nitrogens with zero attached hydrogens (tertiary/aromatic N) is 1. The molecule has 0 spiro atoms. The van der Waals surface area contributed by atoms with Crippen LogP contribution >= 0.6 is 0 Å². The van der Waals surface area contributed by atoms with Gasteiger partial charge in [0.2, 0.25) is 0 Å². The Morgan fingerprint density at radius 1 is 1.36 bits per heavy atom. The van der Waals surface area contributed by atoms with E-state index in [4.69, 9.17) is 10.2 Å². The highest BCUT2D eigenvalue weighted by atomic mass is 16.3. The van der Waals surface area contributed by atoms with Crippen LogP contribution in [-0.2, 0) is 13.2 Å². The van der Waals surface area contributed by atoms with Crippen molar-refractivity contribution in [2.45, 2.75) is 13.2 Å². The Bertz CT molecular complexity index is 434. The van der Waals surface area contributed by atoms with Crippen LogP contribution in [0.3, 0.4) is 0 Å². The van der Waals surface area contributed by atoms with Gasteiger partial charge in [-0.05, 0) is 12.1 Å². The van der Waals surface area contributed by atoms with Gasteiger partial charge in [-0.3, -0.25) is 0 Å². The number of aliphatic hydroxyl groups is 2. The minimum Gasteiger partial charge on any atom is -0.395 e. The standard InChI is InChI=1S/C11H12NO2/c13-6-5-12-7-9(8-14)10-3-1-2-4-11(10)12/h1-2,4,7,13-14H,5-6,8H2. The lowest BCUT2D eigenvalue weighted by Gasteiger charge is -2.00. The average molecular weight is 190 g/mol. The lowest BCUT2D eigenvalue weighted by Crippen LogP contribution is -1.99. The van der Waals surface area contributed by atoms with Gasteiger partial charge in [-0.1, -0.05) is 12.1 Å². The Hall–Kier alpha value is -1.32. The van der Waals surface area contributed by atoms with Crippen LogP contribution in [0.25, 0.3) is 10.9 Å². The molecule has 0 aliphatic carbocycles. The van der Waals surface area contributed by atoms with E-state index in [1.807, 2.05) is 29.0 Å². The Morgan fingerprint density at radius 2 is 2.21 bits per heavy atom. The molecule has 2 aromatic rings. The van der Waals surface area contributed by atoms with E-state index in [-0.39, 0.29) is 13.2 Å². The van der Waals surface area contributed by atoms with E-state index in [1.165, 1.54) is 0 Å². The molecule has 1 aromatic heterocycles. The predicted molar refractivity (Wildman–Crippen MR) is 53.8 cm³/mol. The Balaban J connectivity index is 2.61. The topological polar surface area (TPSA) is 45.4 Å². The van der Waals surface area contributed by atoms with Crippen LogP contribution in [0.5, 0.6) is 0 Å². The van der Waals surface area contributed by atoms with Gasteiger partial charge in [0.25, 0.3) is 0 Å². The van der Waals surface area contributed by atoms with E-state index in [0.717, 1.165) is 16.5 Å². The lowest BCUT2D eigenvalue weighted by atomic mass is 10.2. The first-order valence-electron chi connectivity index (χ1n) is 4.57. The van der Waals surface area contributed by atoms with Crippen molar-refractivity contribution in [1.29, 1.82) is 0 Å². The molecule has 0 aliphatic heterocycles. The molecule has 0 fully saturated rings. The molecule has 0 atom stereocenters. The quantitative estimate of drug-likeness (QED) is 0.756. The maximum atomic E-state index is 9.12. The second-order valence-corrected chi connectivity index (χ2v) is 3.16. The molecule has 1 heterocycles. The van der Waals surface area contributed by atoms with E-state index in [2.05, 4.69) is 6.07 Å². The largest absolute Gasteiger partial charge is 0.395 e. The Morgan fingerprint density at radius 3 is 2.93 bits per heavy atom. The maximum absolute atomic E-state index is 9.12. The van der Waals surface area contributed by atoms with Gasteiger partial charge in [-0.2, -0.15) is 0 Å². The molecule has 3 heteroatoms. The number of aliphatic hydroxyl groups excluding tert-OH is 2. The van der Waals surface area contributed by atoms with Crippen LogP contribution in [0, 0.1) is 6.07 Å². The third-order valence-electron chi connectivity index (χ3n) is 2.29. The van der Waals surface area contributed by atoms with E-state index in [1.54, 1.807) is 0 Å². The average Bonchev–Trinajstić information content (AvgIpc) is 2.58. The normalized spacial score (nSPS) is 11.0. The molecule has 0 saturated carbocycles. The smallest absolute Gasteiger partial charge is 0.0702 e. The molecule has 0 amide bonds. The molecule has 1 radical (unpaired) electrons. The van der Waals surface area contributed by atoms with Gasteiger partial charge in [-0.25, -0.2) is 0 Å². The van der Waals surface area contributed by atoms with Gasteiger partial charge in [0.05, 0.1) is 13.2 Å². The number of hydrogen-bond acceptors (Lipinski definition) is 2. The van der Waals surface area contributed by atoms with Gasteiger partial charge in [0.15, 0.2) is 0 Å². The van der Waals surface area contributed by atoms with Crippen LogP contribution in [0.2, 0.25) is 0 Å². The van der Waals surface area contributed by atoms with Crippen molar-refractivity contribution >= 4 is 10.9 Å². The third kappa shape index (κ3) is 1.41. The Kier molecular flexibility index (Phi) is 2.52. The molecule has 14 heavy (non-hydrogen) atoms. The second-order valence-electron chi connectivity index (χ2n) is 3.16. The fourth-order valence-corrected chi connectivity index (χ4v) is 1.66. The molecule has 0 unspecified atom stereocenters. The van der Waals surface area contributed by atoms with Gasteiger partial charge < -0.3 is 14.8 Å². The number of benzene rings is 1. The zero-order valence-electron chi connectivity index (χ0n) is 7.77. The van der Waals surface area contributed by atoms with E-state index < -0.39 is 0 Å².